The lowest BCUT2D eigenvalue weighted by molar-refractivity contribution is 0.112. The van der Waals surface area contributed by atoms with E-state index in [4.69, 9.17) is 17.3 Å². The highest BCUT2D eigenvalue weighted by Crippen LogP contribution is 2.17. The SMILES string of the molecule is Cl.NCc1c(Cl)cccc1C=O. The van der Waals surface area contributed by atoms with Gasteiger partial charge >= 0.3 is 0 Å². The highest BCUT2D eigenvalue weighted by molar-refractivity contribution is 6.31. The fourth-order valence-corrected chi connectivity index (χ4v) is 1.16. The molecular weight excluding hydrogens is 197 g/mol. The molecule has 0 heterocycles. The molecule has 0 unspecified atom stereocenters. The number of benzene rings is 1. The summed E-state index contributed by atoms with van der Waals surface area (Å²) in [7, 11) is 0. The predicted molar refractivity (Wildman–Crippen MR) is 52.0 cm³/mol. The first-order chi connectivity index (χ1) is 5.29. The van der Waals surface area contributed by atoms with Gasteiger partial charge in [0.1, 0.15) is 6.29 Å². The summed E-state index contributed by atoms with van der Waals surface area (Å²) in [6.07, 6.45) is 0.758. The van der Waals surface area contributed by atoms with Crippen LogP contribution in [0.15, 0.2) is 18.2 Å². The van der Waals surface area contributed by atoms with Crippen LogP contribution in [0.2, 0.25) is 5.02 Å². The summed E-state index contributed by atoms with van der Waals surface area (Å²) in [4.78, 5) is 10.4. The minimum absolute atomic E-state index is 0. The molecule has 0 aliphatic rings. The summed E-state index contributed by atoms with van der Waals surface area (Å²) in [6, 6.07) is 5.14. The van der Waals surface area contributed by atoms with Gasteiger partial charge in [-0.1, -0.05) is 23.7 Å². The highest BCUT2D eigenvalue weighted by Gasteiger charge is 2.02. The molecule has 0 aromatic heterocycles. The van der Waals surface area contributed by atoms with Gasteiger partial charge < -0.3 is 5.73 Å². The van der Waals surface area contributed by atoms with Gasteiger partial charge in [-0.25, -0.2) is 0 Å². The molecule has 2 nitrogen and oxygen atoms in total. The van der Waals surface area contributed by atoms with E-state index in [-0.39, 0.29) is 12.4 Å². The van der Waals surface area contributed by atoms with Crippen LogP contribution in [0.1, 0.15) is 15.9 Å². The summed E-state index contributed by atoms with van der Waals surface area (Å²) in [5.41, 5.74) is 6.67. The second kappa shape index (κ2) is 5.14. The fourth-order valence-electron chi connectivity index (χ4n) is 0.901. The Kier molecular flexibility index (Phi) is 4.90. The molecule has 0 amide bonds. The van der Waals surface area contributed by atoms with E-state index in [1.807, 2.05) is 0 Å². The van der Waals surface area contributed by atoms with Crippen LogP contribution in [-0.4, -0.2) is 6.29 Å². The molecule has 0 fully saturated rings. The van der Waals surface area contributed by atoms with E-state index in [9.17, 15) is 4.79 Å². The lowest BCUT2D eigenvalue weighted by atomic mass is 10.1. The van der Waals surface area contributed by atoms with E-state index in [0.717, 1.165) is 6.29 Å². The Balaban J connectivity index is 0.00000121. The number of halogens is 2. The largest absolute Gasteiger partial charge is 0.326 e. The van der Waals surface area contributed by atoms with Crippen molar-refractivity contribution in [3.05, 3.63) is 34.3 Å². The fraction of sp³-hybridized carbons (Fsp3) is 0.125. The summed E-state index contributed by atoms with van der Waals surface area (Å²) in [5, 5.41) is 0.553. The Bertz CT molecular complexity index is 276. The molecule has 0 radical (unpaired) electrons. The van der Waals surface area contributed by atoms with Gasteiger partial charge in [0.25, 0.3) is 0 Å². The number of carbonyl (C=O) groups is 1. The lowest BCUT2D eigenvalue weighted by Gasteiger charge is -2.02. The zero-order valence-electron chi connectivity index (χ0n) is 6.29. The monoisotopic (exact) mass is 205 g/mol. The molecule has 0 aliphatic carbocycles. The van der Waals surface area contributed by atoms with E-state index >= 15 is 0 Å². The Morgan fingerprint density at radius 1 is 1.50 bits per heavy atom. The van der Waals surface area contributed by atoms with E-state index < -0.39 is 0 Å². The van der Waals surface area contributed by atoms with Crippen LogP contribution < -0.4 is 5.73 Å². The number of carbonyl (C=O) groups excluding carboxylic acids is 1. The molecule has 4 heteroatoms. The molecule has 0 saturated heterocycles. The van der Waals surface area contributed by atoms with Crippen molar-refractivity contribution >= 4 is 30.3 Å². The van der Waals surface area contributed by atoms with Gasteiger partial charge in [-0.2, -0.15) is 0 Å². The van der Waals surface area contributed by atoms with Crippen LogP contribution in [0.4, 0.5) is 0 Å². The Hall–Kier alpha value is -0.570. The molecule has 0 bridgehead atoms. The molecule has 0 aliphatic heterocycles. The van der Waals surface area contributed by atoms with Crippen molar-refractivity contribution in [3.8, 4) is 0 Å². The van der Waals surface area contributed by atoms with Gasteiger partial charge in [-0.3, -0.25) is 4.79 Å². The number of nitrogens with two attached hydrogens (primary N) is 1. The van der Waals surface area contributed by atoms with Crippen LogP contribution in [-0.2, 0) is 6.54 Å². The lowest BCUT2D eigenvalue weighted by Crippen LogP contribution is -2.01. The molecule has 0 saturated carbocycles. The van der Waals surface area contributed by atoms with Gasteiger partial charge in [-0.15, -0.1) is 12.4 Å². The van der Waals surface area contributed by atoms with Gasteiger partial charge in [0, 0.05) is 17.1 Å². The van der Waals surface area contributed by atoms with Gasteiger partial charge in [0.2, 0.25) is 0 Å². The molecular formula is C8H9Cl2NO. The molecule has 12 heavy (non-hydrogen) atoms. The second-order valence-corrected chi connectivity index (χ2v) is 2.54. The quantitative estimate of drug-likeness (QED) is 0.752. The normalized spacial score (nSPS) is 8.83. The number of hydrogen-bond acceptors (Lipinski definition) is 2. The number of hydrogen-bond donors (Lipinski definition) is 1. The summed E-state index contributed by atoms with van der Waals surface area (Å²) < 4.78 is 0. The third-order valence-electron chi connectivity index (χ3n) is 1.49. The molecule has 2 N–H and O–H groups in total. The number of rotatable bonds is 2. The van der Waals surface area contributed by atoms with Crippen LogP contribution in [0.25, 0.3) is 0 Å². The topological polar surface area (TPSA) is 43.1 Å². The van der Waals surface area contributed by atoms with Crippen LogP contribution in [0, 0.1) is 0 Å². The summed E-state index contributed by atoms with van der Waals surface area (Å²) in [5.74, 6) is 0. The van der Waals surface area contributed by atoms with Crippen molar-refractivity contribution in [2.45, 2.75) is 6.54 Å². The van der Waals surface area contributed by atoms with E-state index in [2.05, 4.69) is 0 Å². The minimum atomic E-state index is 0. The first-order valence-corrected chi connectivity index (χ1v) is 3.60. The third-order valence-corrected chi connectivity index (χ3v) is 1.84. The van der Waals surface area contributed by atoms with Crippen molar-refractivity contribution in [1.29, 1.82) is 0 Å². The average Bonchev–Trinajstić information content (AvgIpc) is 2.04. The molecule has 1 rings (SSSR count). The van der Waals surface area contributed by atoms with Crippen molar-refractivity contribution in [1.82, 2.24) is 0 Å². The molecule has 0 spiro atoms. The number of aldehydes is 1. The van der Waals surface area contributed by atoms with Crippen molar-refractivity contribution < 1.29 is 4.79 Å². The Labute approximate surface area is 82.1 Å². The summed E-state index contributed by atoms with van der Waals surface area (Å²) >= 11 is 5.77. The maximum atomic E-state index is 10.4. The minimum Gasteiger partial charge on any atom is -0.326 e. The van der Waals surface area contributed by atoms with Crippen molar-refractivity contribution in [3.63, 3.8) is 0 Å². The molecule has 0 atom stereocenters. The average molecular weight is 206 g/mol. The van der Waals surface area contributed by atoms with Crippen LogP contribution in [0.5, 0.6) is 0 Å². The van der Waals surface area contributed by atoms with Gasteiger partial charge in [0.05, 0.1) is 0 Å². The zero-order valence-corrected chi connectivity index (χ0v) is 7.86. The standard InChI is InChI=1S/C8H8ClNO.ClH/c9-8-3-1-2-6(5-11)7(8)4-10;/h1-3,5H,4,10H2;1H. The Morgan fingerprint density at radius 2 is 2.17 bits per heavy atom. The highest BCUT2D eigenvalue weighted by atomic mass is 35.5. The molecule has 66 valence electrons. The maximum absolute atomic E-state index is 10.4. The van der Waals surface area contributed by atoms with E-state index in [0.29, 0.717) is 22.7 Å². The third kappa shape index (κ3) is 2.21. The molecule has 1 aromatic rings. The first-order valence-electron chi connectivity index (χ1n) is 3.22. The summed E-state index contributed by atoms with van der Waals surface area (Å²) in [6.45, 7) is 0.299. The van der Waals surface area contributed by atoms with Gasteiger partial charge in [0.15, 0.2) is 0 Å². The van der Waals surface area contributed by atoms with Gasteiger partial charge in [-0.05, 0) is 11.6 Å². The van der Waals surface area contributed by atoms with Crippen molar-refractivity contribution in [2.75, 3.05) is 0 Å². The van der Waals surface area contributed by atoms with Crippen molar-refractivity contribution in [2.24, 2.45) is 5.73 Å². The molecule has 1 aromatic carbocycles. The van der Waals surface area contributed by atoms with Crippen LogP contribution >= 0.6 is 24.0 Å². The second-order valence-electron chi connectivity index (χ2n) is 2.13. The maximum Gasteiger partial charge on any atom is 0.150 e. The Morgan fingerprint density at radius 3 is 2.58 bits per heavy atom. The van der Waals surface area contributed by atoms with E-state index in [1.54, 1.807) is 18.2 Å². The zero-order chi connectivity index (χ0) is 8.27. The van der Waals surface area contributed by atoms with Crippen LogP contribution in [0.3, 0.4) is 0 Å². The first kappa shape index (κ1) is 11.4. The smallest absolute Gasteiger partial charge is 0.150 e. The van der Waals surface area contributed by atoms with E-state index in [1.165, 1.54) is 0 Å². The predicted octanol–water partition coefficient (Wildman–Crippen LogP) is 2.03.